The topological polar surface area (TPSA) is 41.3 Å². The summed E-state index contributed by atoms with van der Waals surface area (Å²) in [5.41, 5.74) is 1.07. The molecule has 0 spiro atoms. The van der Waals surface area contributed by atoms with Crippen molar-refractivity contribution in [1.82, 2.24) is 15.2 Å². The Kier molecular flexibility index (Phi) is 5.40. The van der Waals surface area contributed by atoms with Crippen molar-refractivity contribution in [3.8, 4) is 0 Å². The minimum Gasteiger partial charge on any atom is -0.449 e. The highest BCUT2D eigenvalue weighted by atomic mass is 16.3. The molecule has 0 aromatic carbocycles. The van der Waals surface area contributed by atoms with Crippen molar-refractivity contribution in [3.05, 3.63) is 17.8 Å². The van der Waals surface area contributed by atoms with Crippen molar-refractivity contribution >= 4 is 0 Å². The lowest BCUT2D eigenvalue weighted by atomic mass is 9.94. The van der Waals surface area contributed by atoms with Crippen LogP contribution in [-0.4, -0.2) is 42.6 Å². The van der Waals surface area contributed by atoms with Crippen LogP contribution in [0.2, 0.25) is 0 Å². The van der Waals surface area contributed by atoms with Crippen LogP contribution in [0.25, 0.3) is 0 Å². The van der Waals surface area contributed by atoms with Gasteiger partial charge in [-0.15, -0.1) is 0 Å². The molecule has 2 rings (SSSR count). The van der Waals surface area contributed by atoms with E-state index in [1.807, 2.05) is 13.3 Å². The maximum atomic E-state index is 5.60. The number of hydrogen-bond donors (Lipinski definition) is 1. The number of nitrogens with one attached hydrogen (secondary N) is 1. The molecule has 0 amide bonds. The lowest BCUT2D eigenvalue weighted by Crippen LogP contribution is -2.40. The molecule has 1 saturated heterocycles. The van der Waals surface area contributed by atoms with Crippen LogP contribution >= 0.6 is 0 Å². The molecule has 108 valence electrons. The minimum absolute atomic E-state index is 0.651. The van der Waals surface area contributed by atoms with Gasteiger partial charge in [0.1, 0.15) is 6.26 Å². The second-order valence-corrected chi connectivity index (χ2v) is 5.89. The Morgan fingerprint density at radius 1 is 1.53 bits per heavy atom. The van der Waals surface area contributed by atoms with Crippen LogP contribution < -0.4 is 5.32 Å². The fourth-order valence-corrected chi connectivity index (χ4v) is 2.79. The van der Waals surface area contributed by atoms with Gasteiger partial charge < -0.3 is 14.6 Å². The summed E-state index contributed by atoms with van der Waals surface area (Å²) in [4.78, 5) is 7.16. The normalized spacial score (nSPS) is 21.2. The van der Waals surface area contributed by atoms with Crippen LogP contribution in [0.1, 0.15) is 38.3 Å². The Hall–Kier alpha value is -0.870. The van der Waals surface area contributed by atoms with Crippen molar-refractivity contribution in [2.24, 2.45) is 5.92 Å². The predicted molar refractivity (Wildman–Crippen MR) is 77.3 cm³/mol. The number of piperidine rings is 1. The number of likely N-dealkylation sites (N-methyl/N-ethyl adjacent to an activating group) is 1. The van der Waals surface area contributed by atoms with Gasteiger partial charge in [0.05, 0.1) is 5.69 Å². The maximum Gasteiger partial charge on any atom is 0.194 e. The number of likely N-dealkylation sites (tertiary alicyclic amines) is 1. The third kappa shape index (κ3) is 4.32. The average Bonchev–Trinajstić information content (AvgIpc) is 2.84. The molecule has 0 bridgehead atoms. The fourth-order valence-electron chi connectivity index (χ4n) is 2.79. The first kappa shape index (κ1) is 14.5. The molecule has 4 nitrogen and oxygen atoms in total. The standard InChI is InChI=1S/C15H27N3O/c1-12(2)18-8-4-5-13(10-18)9-15-17-14(11-19-15)6-7-16-3/h11-13,16H,4-10H2,1-3H3. The van der Waals surface area contributed by atoms with Gasteiger partial charge in [-0.05, 0) is 46.2 Å². The highest BCUT2D eigenvalue weighted by Crippen LogP contribution is 2.22. The molecule has 1 aromatic rings. The predicted octanol–water partition coefficient (Wildman–Crippen LogP) is 2.10. The summed E-state index contributed by atoms with van der Waals surface area (Å²) in [5.74, 6) is 1.62. The Morgan fingerprint density at radius 3 is 3.11 bits per heavy atom. The third-order valence-electron chi connectivity index (χ3n) is 3.97. The van der Waals surface area contributed by atoms with Crippen molar-refractivity contribution in [2.75, 3.05) is 26.7 Å². The van der Waals surface area contributed by atoms with Crippen molar-refractivity contribution in [3.63, 3.8) is 0 Å². The van der Waals surface area contributed by atoms with E-state index in [-0.39, 0.29) is 0 Å². The Morgan fingerprint density at radius 2 is 2.37 bits per heavy atom. The monoisotopic (exact) mass is 265 g/mol. The van der Waals surface area contributed by atoms with Crippen LogP contribution in [0.4, 0.5) is 0 Å². The summed E-state index contributed by atoms with van der Waals surface area (Å²) >= 11 is 0. The summed E-state index contributed by atoms with van der Waals surface area (Å²) in [6.07, 6.45) is 6.36. The number of nitrogens with zero attached hydrogens (tertiary/aromatic N) is 2. The second kappa shape index (κ2) is 7.06. The van der Waals surface area contributed by atoms with Crippen LogP contribution in [0.3, 0.4) is 0 Å². The molecule has 1 aromatic heterocycles. The zero-order valence-electron chi connectivity index (χ0n) is 12.5. The van der Waals surface area contributed by atoms with E-state index in [9.17, 15) is 0 Å². The highest BCUT2D eigenvalue weighted by molar-refractivity contribution is 4.98. The van der Waals surface area contributed by atoms with E-state index in [1.165, 1.54) is 25.9 Å². The van der Waals surface area contributed by atoms with E-state index in [0.717, 1.165) is 31.0 Å². The van der Waals surface area contributed by atoms with Gasteiger partial charge in [0.15, 0.2) is 5.89 Å². The number of oxazole rings is 1. The number of aromatic nitrogens is 1. The van der Waals surface area contributed by atoms with Gasteiger partial charge in [-0.25, -0.2) is 4.98 Å². The molecule has 1 aliphatic rings. The Balaban J connectivity index is 1.84. The zero-order chi connectivity index (χ0) is 13.7. The van der Waals surface area contributed by atoms with Gasteiger partial charge in [0.25, 0.3) is 0 Å². The molecular formula is C15H27N3O. The maximum absolute atomic E-state index is 5.60. The third-order valence-corrected chi connectivity index (χ3v) is 3.97. The highest BCUT2D eigenvalue weighted by Gasteiger charge is 2.23. The van der Waals surface area contributed by atoms with E-state index in [1.54, 1.807) is 0 Å². The summed E-state index contributed by atoms with van der Waals surface area (Å²) in [6, 6.07) is 0.651. The SMILES string of the molecule is CNCCc1coc(CC2CCCN(C(C)C)C2)n1. The Labute approximate surface area is 116 Å². The molecule has 1 aliphatic heterocycles. The van der Waals surface area contributed by atoms with E-state index >= 15 is 0 Å². The Bertz CT molecular complexity index is 375. The molecule has 1 fully saturated rings. The van der Waals surface area contributed by atoms with Gasteiger partial charge in [0, 0.05) is 32.0 Å². The molecule has 0 radical (unpaired) electrons. The molecule has 0 saturated carbocycles. The first-order valence-electron chi connectivity index (χ1n) is 7.51. The number of rotatable bonds is 6. The van der Waals surface area contributed by atoms with E-state index in [4.69, 9.17) is 4.42 Å². The van der Waals surface area contributed by atoms with Gasteiger partial charge >= 0.3 is 0 Å². The lowest BCUT2D eigenvalue weighted by molar-refractivity contribution is 0.136. The second-order valence-electron chi connectivity index (χ2n) is 5.89. The lowest BCUT2D eigenvalue weighted by Gasteiger charge is -2.35. The van der Waals surface area contributed by atoms with Gasteiger partial charge in [0.2, 0.25) is 0 Å². The first-order chi connectivity index (χ1) is 9.19. The molecule has 0 aliphatic carbocycles. The van der Waals surface area contributed by atoms with Gasteiger partial charge in [-0.1, -0.05) is 0 Å². The molecule has 1 unspecified atom stereocenters. The largest absolute Gasteiger partial charge is 0.449 e. The van der Waals surface area contributed by atoms with Gasteiger partial charge in [-0.2, -0.15) is 0 Å². The van der Waals surface area contributed by atoms with Crippen molar-refractivity contribution in [1.29, 1.82) is 0 Å². The summed E-state index contributed by atoms with van der Waals surface area (Å²) in [6.45, 7) is 7.95. The molecular weight excluding hydrogens is 238 g/mol. The summed E-state index contributed by atoms with van der Waals surface area (Å²) < 4.78 is 5.60. The van der Waals surface area contributed by atoms with Crippen LogP contribution in [0, 0.1) is 5.92 Å². The van der Waals surface area contributed by atoms with Crippen LogP contribution in [0.5, 0.6) is 0 Å². The smallest absolute Gasteiger partial charge is 0.194 e. The van der Waals surface area contributed by atoms with E-state index in [0.29, 0.717) is 12.0 Å². The van der Waals surface area contributed by atoms with E-state index < -0.39 is 0 Å². The quantitative estimate of drug-likeness (QED) is 0.855. The van der Waals surface area contributed by atoms with Crippen molar-refractivity contribution in [2.45, 2.75) is 45.6 Å². The molecule has 1 N–H and O–H groups in total. The molecule has 2 heterocycles. The minimum atomic E-state index is 0.651. The van der Waals surface area contributed by atoms with Gasteiger partial charge in [-0.3, -0.25) is 0 Å². The first-order valence-corrected chi connectivity index (χ1v) is 7.51. The van der Waals surface area contributed by atoms with E-state index in [2.05, 4.69) is 29.0 Å². The van der Waals surface area contributed by atoms with Crippen LogP contribution in [-0.2, 0) is 12.8 Å². The zero-order valence-corrected chi connectivity index (χ0v) is 12.5. The average molecular weight is 265 g/mol. The molecule has 19 heavy (non-hydrogen) atoms. The molecule has 1 atom stereocenters. The fraction of sp³-hybridized carbons (Fsp3) is 0.800. The summed E-state index contributed by atoms with van der Waals surface area (Å²) in [7, 11) is 1.96. The van der Waals surface area contributed by atoms with Crippen molar-refractivity contribution < 1.29 is 4.42 Å². The number of hydrogen-bond acceptors (Lipinski definition) is 4. The van der Waals surface area contributed by atoms with Crippen LogP contribution in [0.15, 0.2) is 10.7 Å². The molecule has 4 heteroatoms. The summed E-state index contributed by atoms with van der Waals surface area (Å²) in [5, 5.41) is 3.14.